The molecule has 2 nitrogen and oxygen atoms in total. The van der Waals surface area contributed by atoms with Gasteiger partial charge in [0, 0.05) is 6.07 Å². The molecule has 2 aromatic rings. The van der Waals surface area contributed by atoms with Gasteiger partial charge in [-0.15, -0.1) is 0 Å². The van der Waals surface area contributed by atoms with E-state index in [-0.39, 0.29) is 5.56 Å². The summed E-state index contributed by atoms with van der Waals surface area (Å²) >= 11 is 12.8. The van der Waals surface area contributed by atoms with E-state index in [1.165, 1.54) is 21.6 Å². The number of nitrogens with zero attached hydrogens (tertiary/aromatic N) is 1. The topological polar surface area (TPSA) is 22.0 Å². The predicted molar refractivity (Wildman–Crippen MR) is 59.9 cm³/mol. The molecule has 72 valence electrons. The van der Waals surface area contributed by atoms with E-state index in [9.17, 15) is 4.79 Å². The van der Waals surface area contributed by atoms with Gasteiger partial charge in [-0.05, 0) is 23.7 Å². The lowest BCUT2D eigenvalue weighted by molar-refractivity contribution is 1.13. The molecule has 0 amide bonds. The molecule has 0 N–H and O–H groups in total. The fraction of sp³-hybridized carbons (Fsp3) is 0. The normalized spacial score (nSPS) is 10.4. The zero-order chi connectivity index (χ0) is 10.1. The Morgan fingerprint density at radius 3 is 2.50 bits per heavy atom. The van der Waals surface area contributed by atoms with Crippen LogP contribution in [0.3, 0.4) is 0 Å². The van der Waals surface area contributed by atoms with E-state index in [1.54, 1.807) is 12.1 Å². The maximum atomic E-state index is 11.4. The summed E-state index contributed by atoms with van der Waals surface area (Å²) in [5.74, 6) is 0. The molecule has 0 bridgehead atoms. The Morgan fingerprint density at radius 2 is 1.93 bits per heavy atom. The van der Waals surface area contributed by atoms with Gasteiger partial charge in [-0.25, -0.2) is 3.96 Å². The van der Waals surface area contributed by atoms with E-state index in [1.807, 2.05) is 12.1 Å². The lowest BCUT2D eigenvalue weighted by atomic mass is 10.3. The van der Waals surface area contributed by atoms with Crippen LogP contribution < -0.4 is 5.56 Å². The molecule has 1 aromatic carbocycles. The Morgan fingerprint density at radius 1 is 1.21 bits per heavy atom. The molecule has 2 rings (SSSR count). The molecule has 0 radical (unpaired) electrons. The number of aromatic nitrogens is 1. The molecule has 0 aliphatic carbocycles. The largest absolute Gasteiger partial charge is 0.268 e. The van der Waals surface area contributed by atoms with Gasteiger partial charge >= 0.3 is 0 Å². The van der Waals surface area contributed by atoms with E-state index in [2.05, 4.69) is 0 Å². The average molecular weight is 246 g/mol. The monoisotopic (exact) mass is 245 g/mol. The highest BCUT2D eigenvalue weighted by Crippen LogP contribution is 2.23. The van der Waals surface area contributed by atoms with Gasteiger partial charge < -0.3 is 0 Å². The van der Waals surface area contributed by atoms with Gasteiger partial charge in [0.1, 0.15) is 4.34 Å². The number of benzene rings is 1. The van der Waals surface area contributed by atoms with E-state index in [0.717, 1.165) is 0 Å². The fourth-order valence-corrected chi connectivity index (χ4v) is 2.40. The molecular weight excluding hydrogens is 241 g/mol. The predicted octanol–water partition coefficient (Wildman–Crippen LogP) is 3.21. The van der Waals surface area contributed by atoms with Crippen molar-refractivity contribution in [2.75, 3.05) is 0 Å². The van der Waals surface area contributed by atoms with Crippen LogP contribution in [0.1, 0.15) is 0 Å². The lowest BCUT2D eigenvalue weighted by Gasteiger charge is -2.01. The maximum absolute atomic E-state index is 11.4. The smallest absolute Gasteiger partial charge is 0.266 e. The number of rotatable bonds is 1. The Hall–Kier alpha value is -0.770. The Kier molecular flexibility index (Phi) is 2.63. The van der Waals surface area contributed by atoms with Crippen LogP contribution in [0.15, 0.2) is 35.1 Å². The quantitative estimate of drug-likeness (QED) is 0.757. The van der Waals surface area contributed by atoms with E-state index in [0.29, 0.717) is 15.0 Å². The third-order valence-corrected chi connectivity index (χ3v) is 3.17. The van der Waals surface area contributed by atoms with Gasteiger partial charge in [0.15, 0.2) is 0 Å². The number of para-hydroxylation sites is 1. The van der Waals surface area contributed by atoms with Crippen LogP contribution >= 0.6 is 34.7 Å². The van der Waals surface area contributed by atoms with Crippen LogP contribution in [0.4, 0.5) is 0 Å². The van der Waals surface area contributed by atoms with Crippen LogP contribution in [0, 0.1) is 0 Å². The first-order valence-electron chi connectivity index (χ1n) is 3.82. The molecule has 0 unspecified atom stereocenters. The van der Waals surface area contributed by atoms with E-state index < -0.39 is 0 Å². The minimum atomic E-state index is -0.159. The van der Waals surface area contributed by atoms with Crippen LogP contribution in [0.5, 0.6) is 0 Å². The summed E-state index contributed by atoms with van der Waals surface area (Å²) in [7, 11) is 0. The second-order valence-electron chi connectivity index (χ2n) is 2.62. The third-order valence-electron chi connectivity index (χ3n) is 1.69. The van der Waals surface area contributed by atoms with E-state index >= 15 is 0 Å². The average Bonchev–Trinajstić information content (AvgIpc) is 2.46. The summed E-state index contributed by atoms with van der Waals surface area (Å²) in [6.45, 7) is 0. The second-order valence-corrected chi connectivity index (χ2v) is 4.65. The molecule has 14 heavy (non-hydrogen) atoms. The van der Waals surface area contributed by atoms with Crippen molar-refractivity contribution in [3.8, 4) is 5.69 Å². The highest BCUT2D eigenvalue weighted by atomic mass is 35.5. The summed E-state index contributed by atoms with van der Waals surface area (Å²) in [6, 6.07) is 8.51. The van der Waals surface area contributed by atoms with Crippen molar-refractivity contribution >= 4 is 34.7 Å². The summed E-state index contributed by atoms with van der Waals surface area (Å²) < 4.78 is 1.92. The second kappa shape index (κ2) is 3.77. The molecule has 0 saturated heterocycles. The van der Waals surface area contributed by atoms with Crippen LogP contribution in [0.2, 0.25) is 9.36 Å². The molecule has 0 aliphatic heterocycles. The molecule has 0 aliphatic rings. The zero-order valence-electron chi connectivity index (χ0n) is 6.91. The molecule has 5 heteroatoms. The Bertz CT molecular complexity index is 518. The molecule has 1 aromatic heterocycles. The number of hydrogen-bond donors (Lipinski definition) is 0. The minimum Gasteiger partial charge on any atom is -0.268 e. The molecule has 0 spiro atoms. The lowest BCUT2D eigenvalue weighted by Crippen LogP contribution is -2.09. The Balaban J connectivity index is 2.66. The molecular formula is C9H5Cl2NOS. The van der Waals surface area contributed by atoms with Crippen molar-refractivity contribution in [2.24, 2.45) is 0 Å². The van der Waals surface area contributed by atoms with E-state index in [4.69, 9.17) is 23.2 Å². The van der Waals surface area contributed by atoms with Crippen molar-refractivity contribution in [3.63, 3.8) is 0 Å². The first kappa shape index (κ1) is 9.77. The minimum absolute atomic E-state index is 0.159. The first-order chi connectivity index (χ1) is 6.68. The van der Waals surface area contributed by atoms with Gasteiger partial charge in [0.05, 0.1) is 10.7 Å². The van der Waals surface area contributed by atoms with Gasteiger partial charge in [-0.2, -0.15) is 0 Å². The highest BCUT2D eigenvalue weighted by Gasteiger charge is 2.07. The maximum Gasteiger partial charge on any atom is 0.266 e. The van der Waals surface area contributed by atoms with Crippen molar-refractivity contribution in [1.82, 2.24) is 3.96 Å². The molecule has 1 heterocycles. The summed E-state index contributed by atoms with van der Waals surface area (Å²) in [5.41, 5.74) is 0.504. The van der Waals surface area contributed by atoms with Crippen molar-refractivity contribution < 1.29 is 0 Å². The summed E-state index contributed by atoms with van der Waals surface area (Å²) in [4.78, 5) is 11.4. The van der Waals surface area contributed by atoms with Gasteiger partial charge in [0.25, 0.3) is 5.56 Å². The van der Waals surface area contributed by atoms with Gasteiger partial charge in [-0.1, -0.05) is 35.3 Å². The van der Waals surface area contributed by atoms with Crippen LogP contribution in [-0.2, 0) is 0 Å². The SMILES string of the molecule is O=c1cc(Cl)sn1-c1ccccc1Cl. The number of halogens is 2. The third kappa shape index (κ3) is 1.71. The molecule has 0 saturated carbocycles. The van der Waals surface area contributed by atoms with Gasteiger partial charge in [0.2, 0.25) is 0 Å². The van der Waals surface area contributed by atoms with Gasteiger partial charge in [-0.3, -0.25) is 4.79 Å². The standard InChI is InChI=1S/C9H5Cl2NOS/c10-6-3-1-2-4-7(6)12-9(13)5-8(11)14-12/h1-5H. The van der Waals surface area contributed by atoms with Crippen molar-refractivity contribution in [2.45, 2.75) is 0 Å². The number of hydrogen-bond acceptors (Lipinski definition) is 2. The zero-order valence-corrected chi connectivity index (χ0v) is 9.23. The van der Waals surface area contributed by atoms with Crippen molar-refractivity contribution in [3.05, 3.63) is 50.0 Å². The fourth-order valence-electron chi connectivity index (χ4n) is 1.10. The summed E-state index contributed by atoms with van der Waals surface area (Å²) in [6.07, 6.45) is 0. The van der Waals surface area contributed by atoms with Crippen molar-refractivity contribution in [1.29, 1.82) is 0 Å². The van der Waals surface area contributed by atoms with Crippen LogP contribution in [-0.4, -0.2) is 3.96 Å². The molecule has 0 fully saturated rings. The summed E-state index contributed by atoms with van der Waals surface area (Å²) in [5, 5.41) is 0.535. The van der Waals surface area contributed by atoms with Crippen LogP contribution in [0.25, 0.3) is 5.69 Å². The molecule has 0 atom stereocenters. The Labute approximate surface area is 94.5 Å². The highest BCUT2D eigenvalue weighted by molar-refractivity contribution is 7.11. The first-order valence-corrected chi connectivity index (χ1v) is 5.35.